The highest BCUT2D eigenvalue weighted by atomic mass is 32.2. The number of carbonyl (C=O) groups is 1. The minimum absolute atomic E-state index is 0.0583. The average molecular weight is 546 g/mol. The normalized spacial score (nSPS) is 11.4. The van der Waals surface area contributed by atoms with Crippen LogP contribution >= 0.6 is 0 Å². The Morgan fingerprint density at radius 2 is 1.72 bits per heavy atom. The second-order valence-corrected chi connectivity index (χ2v) is 10.9. The highest BCUT2D eigenvalue weighted by molar-refractivity contribution is 7.90. The summed E-state index contributed by atoms with van der Waals surface area (Å²) in [6.07, 6.45) is 6.24. The van der Waals surface area contributed by atoms with E-state index in [9.17, 15) is 17.6 Å². The van der Waals surface area contributed by atoms with Gasteiger partial charge in [0.15, 0.2) is 27.2 Å². The first kappa shape index (κ1) is 25.9. The standard InChI is InChI=1S/C28H24FN5O4S/c1-38-24-14-23(39(2,36)37)15-30-28(24)33-25-17-34-16-20(7-12-26(34)32-25)19-5-10-22(11-6-19)31-27(35)13-18-3-8-21(29)9-4-18/h3-12,14-17H,13H2,1-2H3,(H,30,33)(H,31,35). The highest BCUT2D eigenvalue weighted by Crippen LogP contribution is 2.28. The Hall–Kier alpha value is -4.77. The Morgan fingerprint density at radius 3 is 2.41 bits per heavy atom. The summed E-state index contributed by atoms with van der Waals surface area (Å²) in [6.45, 7) is 0. The van der Waals surface area contributed by atoms with E-state index in [2.05, 4.69) is 20.6 Å². The number of amides is 1. The number of nitrogens with one attached hydrogen (secondary N) is 2. The van der Waals surface area contributed by atoms with Gasteiger partial charge in [0, 0.05) is 30.4 Å². The molecule has 198 valence electrons. The molecule has 39 heavy (non-hydrogen) atoms. The molecule has 11 heteroatoms. The van der Waals surface area contributed by atoms with Crippen LogP contribution in [0, 0.1) is 5.82 Å². The SMILES string of the molecule is COc1cc(S(C)(=O)=O)cnc1Nc1cn2cc(-c3ccc(NC(=O)Cc4ccc(F)cc4)cc3)ccc2n1. The Labute approximate surface area is 224 Å². The molecule has 5 rings (SSSR count). The minimum Gasteiger partial charge on any atom is -0.493 e. The van der Waals surface area contributed by atoms with Gasteiger partial charge in [0.25, 0.3) is 0 Å². The Bertz CT molecular complexity index is 1770. The van der Waals surface area contributed by atoms with Gasteiger partial charge in [0.1, 0.15) is 11.5 Å². The second kappa shape index (κ2) is 10.5. The molecule has 0 unspecified atom stereocenters. The highest BCUT2D eigenvalue weighted by Gasteiger charge is 2.14. The molecule has 9 nitrogen and oxygen atoms in total. The third-order valence-corrected chi connectivity index (χ3v) is 7.03. The first-order chi connectivity index (χ1) is 18.7. The average Bonchev–Trinajstić information content (AvgIpc) is 3.31. The minimum atomic E-state index is -3.42. The quantitative estimate of drug-likeness (QED) is 0.286. The van der Waals surface area contributed by atoms with Crippen LogP contribution < -0.4 is 15.4 Å². The zero-order chi connectivity index (χ0) is 27.6. The van der Waals surface area contributed by atoms with Crippen molar-refractivity contribution in [1.82, 2.24) is 14.4 Å². The van der Waals surface area contributed by atoms with E-state index in [1.54, 1.807) is 18.3 Å². The van der Waals surface area contributed by atoms with Crippen molar-refractivity contribution in [2.75, 3.05) is 24.0 Å². The maximum Gasteiger partial charge on any atom is 0.228 e. The van der Waals surface area contributed by atoms with Crippen molar-refractivity contribution in [3.8, 4) is 16.9 Å². The molecule has 0 atom stereocenters. The van der Waals surface area contributed by atoms with E-state index in [0.717, 1.165) is 22.9 Å². The first-order valence-corrected chi connectivity index (χ1v) is 13.7. The number of hydrogen-bond acceptors (Lipinski definition) is 7. The van der Waals surface area contributed by atoms with Gasteiger partial charge < -0.3 is 19.8 Å². The van der Waals surface area contributed by atoms with Gasteiger partial charge in [-0.15, -0.1) is 0 Å². The summed E-state index contributed by atoms with van der Waals surface area (Å²) in [5.41, 5.74) is 3.95. The van der Waals surface area contributed by atoms with Crippen molar-refractivity contribution in [2.45, 2.75) is 11.3 Å². The summed E-state index contributed by atoms with van der Waals surface area (Å²) in [6, 6.07) is 18.5. The molecule has 5 aromatic rings. The second-order valence-electron chi connectivity index (χ2n) is 8.86. The monoisotopic (exact) mass is 545 g/mol. The van der Waals surface area contributed by atoms with Crippen LogP contribution in [-0.4, -0.2) is 42.1 Å². The summed E-state index contributed by atoms with van der Waals surface area (Å²) < 4.78 is 43.9. The number of imidazole rings is 1. The van der Waals surface area contributed by atoms with Crippen LogP contribution in [0.1, 0.15) is 5.56 Å². The largest absolute Gasteiger partial charge is 0.493 e. The predicted molar refractivity (Wildman–Crippen MR) is 147 cm³/mol. The van der Waals surface area contributed by atoms with E-state index in [-0.39, 0.29) is 28.8 Å². The van der Waals surface area contributed by atoms with E-state index >= 15 is 0 Å². The number of sulfone groups is 1. The lowest BCUT2D eigenvalue weighted by atomic mass is 10.1. The zero-order valence-electron chi connectivity index (χ0n) is 21.1. The molecule has 0 saturated heterocycles. The lowest BCUT2D eigenvalue weighted by Gasteiger charge is -2.09. The molecule has 1 amide bonds. The number of halogens is 1. The molecule has 0 aliphatic carbocycles. The smallest absolute Gasteiger partial charge is 0.228 e. The molecule has 0 bridgehead atoms. The fourth-order valence-corrected chi connectivity index (χ4v) is 4.53. The van der Waals surface area contributed by atoms with Crippen molar-refractivity contribution in [3.63, 3.8) is 0 Å². The Morgan fingerprint density at radius 1 is 1.00 bits per heavy atom. The van der Waals surface area contributed by atoms with Crippen LogP contribution in [0.15, 0.2) is 90.2 Å². The van der Waals surface area contributed by atoms with E-state index in [0.29, 0.717) is 23.0 Å². The fourth-order valence-electron chi connectivity index (χ4n) is 3.96. The van der Waals surface area contributed by atoms with Crippen LogP contribution in [0.5, 0.6) is 5.75 Å². The maximum atomic E-state index is 13.1. The summed E-state index contributed by atoms with van der Waals surface area (Å²) >= 11 is 0. The molecule has 0 aliphatic heterocycles. The van der Waals surface area contributed by atoms with Crippen molar-refractivity contribution < 1.29 is 22.3 Å². The fraction of sp³-hybridized carbons (Fsp3) is 0.107. The van der Waals surface area contributed by atoms with Crippen LogP contribution in [-0.2, 0) is 21.1 Å². The van der Waals surface area contributed by atoms with E-state index in [1.807, 2.05) is 47.0 Å². The number of hydrogen-bond donors (Lipinski definition) is 2. The molecule has 3 aromatic heterocycles. The van der Waals surface area contributed by atoms with Gasteiger partial charge in [-0.3, -0.25) is 4.79 Å². The molecule has 0 aliphatic rings. The van der Waals surface area contributed by atoms with E-state index in [4.69, 9.17) is 4.74 Å². The van der Waals surface area contributed by atoms with Crippen molar-refractivity contribution >= 4 is 38.7 Å². The molecule has 2 aromatic carbocycles. The number of rotatable bonds is 8. The van der Waals surface area contributed by atoms with Crippen molar-refractivity contribution in [1.29, 1.82) is 0 Å². The van der Waals surface area contributed by atoms with Gasteiger partial charge >= 0.3 is 0 Å². The number of anilines is 3. The molecule has 0 saturated carbocycles. The number of benzene rings is 2. The summed E-state index contributed by atoms with van der Waals surface area (Å²) in [5.74, 6) is 0.594. The predicted octanol–water partition coefficient (Wildman–Crippen LogP) is 4.87. The van der Waals surface area contributed by atoms with Crippen LogP contribution in [0.3, 0.4) is 0 Å². The van der Waals surface area contributed by atoms with Gasteiger partial charge in [-0.1, -0.05) is 24.3 Å². The molecule has 2 N–H and O–H groups in total. The van der Waals surface area contributed by atoms with Gasteiger partial charge in [0.05, 0.1) is 24.6 Å². The lowest BCUT2D eigenvalue weighted by molar-refractivity contribution is -0.115. The van der Waals surface area contributed by atoms with E-state index in [1.165, 1.54) is 31.5 Å². The topological polar surface area (TPSA) is 115 Å². The van der Waals surface area contributed by atoms with Gasteiger partial charge in [-0.2, -0.15) is 0 Å². The third kappa shape index (κ3) is 6.04. The lowest BCUT2D eigenvalue weighted by Crippen LogP contribution is -2.14. The number of nitrogens with zero attached hydrogens (tertiary/aromatic N) is 3. The molecule has 0 radical (unpaired) electrons. The van der Waals surface area contributed by atoms with Gasteiger partial charge in [-0.25, -0.2) is 22.8 Å². The van der Waals surface area contributed by atoms with Gasteiger partial charge in [-0.05, 0) is 53.1 Å². The number of fused-ring (bicyclic) bond motifs is 1. The molecule has 3 heterocycles. The third-order valence-electron chi connectivity index (χ3n) is 5.95. The molecular weight excluding hydrogens is 521 g/mol. The zero-order valence-corrected chi connectivity index (χ0v) is 21.9. The Balaban J connectivity index is 1.29. The van der Waals surface area contributed by atoms with E-state index < -0.39 is 9.84 Å². The summed E-state index contributed by atoms with van der Waals surface area (Å²) in [4.78, 5) is 21.1. The number of aromatic nitrogens is 3. The number of carbonyl (C=O) groups excluding carboxylic acids is 1. The summed E-state index contributed by atoms with van der Waals surface area (Å²) in [5, 5.41) is 5.93. The van der Waals surface area contributed by atoms with Crippen LogP contribution in [0.2, 0.25) is 0 Å². The van der Waals surface area contributed by atoms with Crippen LogP contribution in [0.4, 0.5) is 21.7 Å². The molecule has 0 fully saturated rings. The number of methoxy groups -OCH3 is 1. The molecular formula is C28H24FN5O4S. The Kier molecular flexibility index (Phi) is 6.99. The number of ether oxygens (including phenoxy) is 1. The summed E-state index contributed by atoms with van der Waals surface area (Å²) in [7, 11) is -1.98. The molecule has 0 spiro atoms. The van der Waals surface area contributed by atoms with Crippen molar-refractivity contribution in [3.05, 3.63) is 96.7 Å². The van der Waals surface area contributed by atoms with Gasteiger partial charge in [0.2, 0.25) is 5.91 Å². The van der Waals surface area contributed by atoms with Crippen LogP contribution in [0.25, 0.3) is 16.8 Å². The first-order valence-electron chi connectivity index (χ1n) is 11.8. The number of pyridine rings is 2. The van der Waals surface area contributed by atoms with Crippen molar-refractivity contribution in [2.24, 2.45) is 0 Å². The maximum absolute atomic E-state index is 13.1.